The van der Waals surface area contributed by atoms with E-state index in [0.29, 0.717) is 12.4 Å². The molecule has 0 radical (unpaired) electrons. The molecule has 0 unspecified atom stereocenters. The van der Waals surface area contributed by atoms with Crippen LogP contribution in [0.3, 0.4) is 0 Å². The number of anilines is 1. The molecule has 0 bridgehead atoms. The van der Waals surface area contributed by atoms with Gasteiger partial charge in [-0.15, -0.1) is 11.6 Å². The maximum atomic E-state index is 5.53. The Balaban J connectivity index is 2.71. The molecular weight excluding hydrogens is 226 g/mol. The highest BCUT2D eigenvalue weighted by Gasteiger charge is 2.02. The van der Waals surface area contributed by atoms with Crippen molar-refractivity contribution < 1.29 is 9.47 Å². The van der Waals surface area contributed by atoms with E-state index < -0.39 is 0 Å². The summed E-state index contributed by atoms with van der Waals surface area (Å²) in [4.78, 5) is 0. The molecule has 0 aliphatic heterocycles. The van der Waals surface area contributed by atoms with Crippen molar-refractivity contribution >= 4 is 17.3 Å². The van der Waals surface area contributed by atoms with Gasteiger partial charge in [0.25, 0.3) is 0 Å². The Morgan fingerprint density at radius 1 is 1.25 bits per heavy atom. The summed E-state index contributed by atoms with van der Waals surface area (Å²) in [5.74, 6) is 2.11. The van der Waals surface area contributed by atoms with Crippen LogP contribution in [0.25, 0.3) is 0 Å². The SMILES string of the molecule is COc1ccc(OC)c(NC/C=C/CCl)c1. The van der Waals surface area contributed by atoms with Gasteiger partial charge in [0.2, 0.25) is 0 Å². The van der Waals surface area contributed by atoms with Gasteiger partial charge in [-0.2, -0.15) is 0 Å². The second kappa shape index (κ2) is 7.01. The van der Waals surface area contributed by atoms with Gasteiger partial charge < -0.3 is 14.8 Å². The molecule has 0 amide bonds. The van der Waals surface area contributed by atoms with Crippen LogP contribution in [0.15, 0.2) is 30.4 Å². The van der Waals surface area contributed by atoms with Gasteiger partial charge >= 0.3 is 0 Å². The number of rotatable bonds is 6. The highest BCUT2D eigenvalue weighted by molar-refractivity contribution is 6.18. The molecule has 1 aromatic rings. The van der Waals surface area contributed by atoms with Crippen molar-refractivity contribution in [2.75, 3.05) is 32.0 Å². The Kier molecular flexibility index (Phi) is 5.57. The Labute approximate surface area is 101 Å². The summed E-state index contributed by atoms with van der Waals surface area (Å²) in [6.45, 7) is 0.705. The predicted molar refractivity (Wildman–Crippen MR) is 67.9 cm³/mol. The third kappa shape index (κ3) is 3.66. The van der Waals surface area contributed by atoms with Crippen LogP contribution in [-0.2, 0) is 0 Å². The van der Waals surface area contributed by atoms with E-state index in [0.717, 1.165) is 17.2 Å². The van der Waals surface area contributed by atoms with Crippen molar-refractivity contribution in [2.24, 2.45) is 0 Å². The summed E-state index contributed by atoms with van der Waals surface area (Å²) in [5, 5.41) is 3.22. The molecule has 1 rings (SSSR count). The average Bonchev–Trinajstić information content (AvgIpc) is 2.34. The number of alkyl halides is 1. The molecule has 0 aromatic heterocycles. The van der Waals surface area contributed by atoms with Crippen LogP contribution in [0.1, 0.15) is 0 Å². The van der Waals surface area contributed by atoms with Crippen LogP contribution < -0.4 is 14.8 Å². The van der Waals surface area contributed by atoms with Crippen molar-refractivity contribution in [1.82, 2.24) is 0 Å². The molecule has 0 saturated carbocycles. The fourth-order valence-corrected chi connectivity index (χ4v) is 1.39. The maximum Gasteiger partial charge on any atom is 0.142 e. The van der Waals surface area contributed by atoms with E-state index in [9.17, 15) is 0 Å². The molecule has 0 atom stereocenters. The van der Waals surface area contributed by atoms with Crippen LogP contribution in [0, 0.1) is 0 Å². The lowest BCUT2D eigenvalue weighted by molar-refractivity contribution is 0.404. The van der Waals surface area contributed by atoms with E-state index in [4.69, 9.17) is 21.1 Å². The van der Waals surface area contributed by atoms with Gasteiger partial charge in [-0.05, 0) is 12.1 Å². The largest absolute Gasteiger partial charge is 0.497 e. The molecule has 4 heteroatoms. The van der Waals surface area contributed by atoms with Gasteiger partial charge in [0.1, 0.15) is 11.5 Å². The summed E-state index contributed by atoms with van der Waals surface area (Å²) in [6.07, 6.45) is 3.85. The zero-order valence-corrected chi connectivity index (χ0v) is 10.3. The number of hydrogen-bond donors (Lipinski definition) is 1. The average molecular weight is 242 g/mol. The van der Waals surface area contributed by atoms with Crippen molar-refractivity contribution in [2.45, 2.75) is 0 Å². The highest BCUT2D eigenvalue weighted by Crippen LogP contribution is 2.28. The van der Waals surface area contributed by atoms with E-state index in [1.54, 1.807) is 14.2 Å². The lowest BCUT2D eigenvalue weighted by atomic mass is 10.2. The van der Waals surface area contributed by atoms with E-state index >= 15 is 0 Å². The van der Waals surface area contributed by atoms with E-state index in [2.05, 4.69) is 5.32 Å². The Morgan fingerprint density at radius 3 is 2.69 bits per heavy atom. The van der Waals surface area contributed by atoms with Crippen molar-refractivity contribution in [1.29, 1.82) is 0 Å². The molecule has 1 aromatic carbocycles. The summed E-state index contributed by atoms with van der Waals surface area (Å²) in [7, 11) is 3.28. The molecule has 0 fully saturated rings. The van der Waals surface area contributed by atoms with Crippen LogP contribution in [0.5, 0.6) is 11.5 Å². The number of allylic oxidation sites excluding steroid dienone is 1. The Hall–Kier alpha value is -1.35. The van der Waals surface area contributed by atoms with Crippen LogP contribution in [0.4, 0.5) is 5.69 Å². The number of nitrogens with one attached hydrogen (secondary N) is 1. The fourth-order valence-electron chi connectivity index (χ4n) is 1.27. The minimum absolute atomic E-state index is 0.525. The monoisotopic (exact) mass is 241 g/mol. The van der Waals surface area contributed by atoms with Crippen molar-refractivity contribution in [3.63, 3.8) is 0 Å². The fraction of sp³-hybridized carbons (Fsp3) is 0.333. The molecule has 1 N–H and O–H groups in total. The first kappa shape index (κ1) is 12.7. The minimum Gasteiger partial charge on any atom is -0.497 e. The second-order valence-electron chi connectivity index (χ2n) is 3.07. The molecule has 16 heavy (non-hydrogen) atoms. The van der Waals surface area contributed by atoms with Crippen LogP contribution >= 0.6 is 11.6 Å². The lowest BCUT2D eigenvalue weighted by Crippen LogP contribution is -2.01. The van der Waals surface area contributed by atoms with Gasteiger partial charge in [-0.1, -0.05) is 12.2 Å². The number of halogens is 1. The summed E-state index contributed by atoms with van der Waals surface area (Å²) >= 11 is 5.53. The first-order valence-electron chi connectivity index (χ1n) is 4.98. The Morgan fingerprint density at radius 2 is 2.06 bits per heavy atom. The highest BCUT2D eigenvalue weighted by atomic mass is 35.5. The minimum atomic E-state index is 0.525. The van der Waals surface area contributed by atoms with Gasteiger partial charge in [-0.25, -0.2) is 0 Å². The van der Waals surface area contributed by atoms with Gasteiger partial charge in [0.15, 0.2) is 0 Å². The van der Waals surface area contributed by atoms with Gasteiger partial charge in [0, 0.05) is 18.5 Å². The van der Waals surface area contributed by atoms with Crippen LogP contribution in [0.2, 0.25) is 0 Å². The van der Waals surface area contributed by atoms with Gasteiger partial charge in [0.05, 0.1) is 19.9 Å². The smallest absolute Gasteiger partial charge is 0.142 e. The third-order valence-electron chi connectivity index (χ3n) is 2.07. The van der Waals surface area contributed by atoms with E-state index in [-0.39, 0.29) is 0 Å². The number of ether oxygens (including phenoxy) is 2. The standard InChI is InChI=1S/C12H16ClNO2/c1-15-10-5-6-12(16-2)11(9-10)14-8-4-3-7-13/h3-6,9,14H,7-8H2,1-2H3/b4-3+. The molecule has 0 aliphatic carbocycles. The zero-order chi connectivity index (χ0) is 11.8. The van der Waals surface area contributed by atoms with Gasteiger partial charge in [-0.3, -0.25) is 0 Å². The molecular formula is C12H16ClNO2. The summed E-state index contributed by atoms with van der Waals surface area (Å²) in [6, 6.07) is 5.62. The lowest BCUT2D eigenvalue weighted by Gasteiger charge is -2.11. The summed E-state index contributed by atoms with van der Waals surface area (Å²) < 4.78 is 10.4. The quantitative estimate of drug-likeness (QED) is 0.614. The Bertz CT molecular complexity index is 353. The number of methoxy groups -OCH3 is 2. The van der Waals surface area contributed by atoms with Crippen molar-refractivity contribution in [3.05, 3.63) is 30.4 Å². The maximum absolute atomic E-state index is 5.53. The topological polar surface area (TPSA) is 30.5 Å². The normalized spacial score (nSPS) is 10.4. The first-order chi connectivity index (χ1) is 7.81. The molecule has 0 spiro atoms. The predicted octanol–water partition coefficient (Wildman–Crippen LogP) is 2.91. The second-order valence-corrected chi connectivity index (χ2v) is 3.38. The molecule has 0 aliphatic rings. The molecule has 0 saturated heterocycles. The first-order valence-corrected chi connectivity index (χ1v) is 5.52. The third-order valence-corrected chi connectivity index (χ3v) is 2.25. The summed E-state index contributed by atoms with van der Waals surface area (Å²) in [5.41, 5.74) is 0.904. The zero-order valence-electron chi connectivity index (χ0n) is 9.50. The van der Waals surface area contributed by atoms with E-state index in [1.165, 1.54) is 0 Å². The molecule has 0 heterocycles. The van der Waals surface area contributed by atoms with Crippen molar-refractivity contribution in [3.8, 4) is 11.5 Å². The van der Waals surface area contributed by atoms with Crippen LogP contribution in [-0.4, -0.2) is 26.6 Å². The van der Waals surface area contributed by atoms with E-state index in [1.807, 2.05) is 30.4 Å². The molecule has 88 valence electrons. The number of hydrogen-bond acceptors (Lipinski definition) is 3. The number of benzene rings is 1. The molecule has 3 nitrogen and oxygen atoms in total.